The summed E-state index contributed by atoms with van der Waals surface area (Å²) in [6, 6.07) is 10.2. The second-order valence-electron chi connectivity index (χ2n) is 7.08. The van der Waals surface area contributed by atoms with Gasteiger partial charge in [0.25, 0.3) is 0 Å². The maximum atomic E-state index is 6.26. The van der Waals surface area contributed by atoms with Gasteiger partial charge in [-0.25, -0.2) is 0 Å². The van der Waals surface area contributed by atoms with E-state index >= 15 is 0 Å². The van der Waals surface area contributed by atoms with Crippen molar-refractivity contribution in [2.24, 2.45) is 0 Å². The fourth-order valence-corrected chi connectivity index (χ4v) is 4.55. The van der Waals surface area contributed by atoms with Crippen molar-refractivity contribution in [2.45, 2.75) is 58.2 Å². The maximum Gasteiger partial charge on any atom is 0.175 e. The Morgan fingerprint density at radius 1 is 1.07 bits per heavy atom. The van der Waals surface area contributed by atoms with Crippen molar-refractivity contribution in [3.63, 3.8) is 0 Å². The lowest BCUT2D eigenvalue weighted by Gasteiger charge is -2.23. The summed E-state index contributed by atoms with van der Waals surface area (Å²) in [6.45, 7) is 3.71. The van der Waals surface area contributed by atoms with Gasteiger partial charge in [-0.1, -0.05) is 48.5 Å². The molecule has 0 heterocycles. The number of hydrogen-bond acceptors (Lipinski definition) is 3. The van der Waals surface area contributed by atoms with Gasteiger partial charge in [-0.2, -0.15) is 0 Å². The van der Waals surface area contributed by atoms with Gasteiger partial charge in [0.15, 0.2) is 11.5 Å². The van der Waals surface area contributed by atoms with Crippen LogP contribution in [-0.2, 0) is 13.2 Å². The lowest BCUT2D eigenvalue weighted by atomic mass is 9.95. The molecule has 2 aromatic rings. The molecule has 0 aliphatic heterocycles. The van der Waals surface area contributed by atoms with Gasteiger partial charge in [0.2, 0.25) is 0 Å². The number of nitrogens with one attached hydrogen (secondary N) is 1. The van der Waals surface area contributed by atoms with Crippen LogP contribution in [0, 0.1) is 0 Å². The van der Waals surface area contributed by atoms with Crippen LogP contribution in [0.5, 0.6) is 11.5 Å². The second kappa shape index (κ2) is 12.3. The molecule has 1 fully saturated rings. The topological polar surface area (TPSA) is 30.5 Å². The Balaban J connectivity index is 0.00000300. The molecule has 0 radical (unpaired) electrons. The molecule has 0 bridgehead atoms. The quantitative estimate of drug-likeness (QED) is 0.565. The Morgan fingerprint density at radius 3 is 2.52 bits per heavy atom. The molecule has 1 saturated carbocycles. The van der Waals surface area contributed by atoms with Crippen LogP contribution in [0.1, 0.15) is 50.2 Å². The second-order valence-corrected chi connectivity index (χ2v) is 8.78. The molecule has 7 heteroatoms. The van der Waals surface area contributed by atoms with E-state index in [9.17, 15) is 0 Å². The number of ether oxygens (including phenoxy) is 2. The normalized spacial score (nSPS) is 14.3. The molecule has 0 spiro atoms. The Labute approximate surface area is 198 Å². The molecule has 3 rings (SSSR count). The molecule has 2 aromatic carbocycles. The zero-order valence-electron chi connectivity index (χ0n) is 16.4. The Hall–Kier alpha value is -0.650. The predicted octanol–water partition coefficient (Wildman–Crippen LogP) is 4.16. The monoisotopic (exact) mass is 520 g/mol. The highest BCUT2D eigenvalue weighted by atomic mass is 79.9. The van der Waals surface area contributed by atoms with Crippen LogP contribution in [-0.4, -0.2) is 12.6 Å². The van der Waals surface area contributed by atoms with E-state index in [1.54, 1.807) is 6.07 Å². The smallest absolute Gasteiger partial charge is 0.175 e. The van der Waals surface area contributed by atoms with Crippen molar-refractivity contribution >= 4 is 39.1 Å². The third-order valence-electron chi connectivity index (χ3n) is 4.96. The molecule has 160 valence electrons. The zero-order chi connectivity index (χ0) is 19.9. The van der Waals surface area contributed by atoms with Gasteiger partial charge in [0, 0.05) is 28.2 Å². The highest BCUT2D eigenvalue weighted by Gasteiger charge is 2.16. The van der Waals surface area contributed by atoms with Crippen LogP contribution < -0.4 is 27.2 Å². The summed E-state index contributed by atoms with van der Waals surface area (Å²) >= 11 is 15.9. The van der Waals surface area contributed by atoms with Crippen LogP contribution in [0.15, 0.2) is 34.8 Å². The van der Waals surface area contributed by atoms with E-state index in [-0.39, 0.29) is 12.4 Å². The van der Waals surface area contributed by atoms with Crippen molar-refractivity contribution in [1.29, 1.82) is 0 Å². The molecule has 0 saturated heterocycles. The summed E-state index contributed by atoms with van der Waals surface area (Å²) in [5.74, 6) is 1.43. The third-order valence-corrected chi connectivity index (χ3v) is 6.13. The molecule has 29 heavy (non-hydrogen) atoms. The van der Waals surface area contributed by atoms with Gasteiger partial charge >= 0.3 is 0 Å². The molecular weight excluding hydrogens is 497 g/mol. The van der Waals surface area contributed by atoms with E-state index in [1.807, 2.05) is 19.1 Å². The highest BCUT2D eigenvalue weighted by Crippen LogP contribution is 2.38. The predicted molar refractivity (Wildman–Crippen MR) is 120 cm³/mol. The first-order valence-corrected chi connectivity index (χ1v) is 11.4. The zero-order valence-corrected chi connectivity index (χ0v) is 20.3. The van der Waals surface area contributed by atoms with Gasteiger partial charge in [-0.15, -0.1) is 0 Å². The van der Waals surface area contributed by atoms with Gasteiger partial charge in [0.05, 0.1) is 11.1 Å². The minimum atomic E-state index is 0. The summed E-state index contributed by atoms with van der Waals surface area (Å²) < 4.78 is 12.8. The van der Waals surface area contributed by atoms with E-state index in [1.165, 1.54) is 37.7 Å². The summed E-state index contributed by atoms with van der Waals surface area (Å²) in [4.78, 5) is 0. The summed E-state index contributed by atoms with van der Waals surface area (Å²) in [5.41, 5.74) is 2.06. The van der Waals surface area contributed by atoms with Gasteiger partial charge in [-0.3, -0.25) is 0 Å². The fourth-order valence-electron chi connectivity index (χ4n) is 3.48. The van der Waals surface area contributed by atoms with Crippen LogP contribution >= 0.6 is 39.1 Å². The Kier molecular flexibility index (Phi) is 10.4. The van der Waals surface area contributed by atoms with E-state index < -0.39 is 0 Å². The first-order chi connectivity index (χ1) is 13.6. The average molecular weight is 523 g/mol. The summed E-state index contributed by atoms with van der Waals surface area (Å²) in [7, 11) is 0. The number of rotatable bonds is 8. The molecule has 0 aromatic heterocycles. The molecule has 0 unspecified atom stereocenters. The lowest BCUT2D eigenvalue weighted by molar-refractivity contribution is -0.00000629. The number of halogens is 4. The third kappa shape index (κ3) is 7.22. The van der Waals surface area contributed by atoms with Crippen LogP contribution in [0.3, 0.4) is 0 Å². The SMILES string of the molecule is CCOc1cc(CNC2CCCCC2)cc(Br)c1OCc1ccc(Cl)cc1Cl.[Cl-]. The van der Waals surface area contributed by atoms with E-state index in [0.29, 0.717) is 35.1 Å². The molecule has 0 amide bonds. The van der Waals surface area contributed by atoms with Gasteiger partial charge < -0.3 is 27.2 Å². The van der Waals surface area contributed by atoms with Crippen molar-refractivity contribution in [1.82, 2.24) is 5.32 Å². The largest absolute Gasteiger partial charge is 1.00 e. The molecule has 3 nitrogen and oxygen atoms in total. The Bertz CT molecular complexity index is 798. The van der Waals surface area contributed by atoms with E-state index in [0.717, 1.165) is 22.3 Å². The minimum absolute atomic E-state index is 0. The molecular formula is C22H26BrCl3NO2-. The van der Waals surface area contributed by atoms with Crippen molar-refractivity contribution < 1.29 is 21.9 Å². The number of hydrogen-bond donors (Lipinski definition) is 1. The van der Waals surface area contributed by atoms with Crippen molar-refractivity contribution in [2.75, 3.05) is 6.61 Å². The maximum absolute atomic E-state index is 6.26. The van der Waals surface area contributed by atoms with Gasteiger partial charge in [-0.05, 0) is 65.5 Å². The van der Waals surface area contributed by atoms with E-state index in [4.69, 9.17) is 32.7 Å². The minimum Gasteiger partial charge on any atom is -1.00 e. The van der Waals surface area contributed by atoms with Crippen molar-refractivity contribution in [3.8, 4) is 11.5 Å². The average Bonchev–Trinajstić information content (AvgIpc) is 2.68. The van der Waals surface area contributed by atoms with Crippen molar-refractivity contribution in [3.05, 3.63) is 56.0 Å². The van der Waals surface area contributed by atoms with Gasteiger partial charge in [0.1, 0.15) is 6.61 Å². The standard InChI is InChI=1S/C22H26BrCl2NO2.ClH/c1-2-27-21-11-15(13-26-18-6-4-3-5-7-18)10-19(23)22(21)28-14-16-8-9-17(24)12-20(16)25;/h8-12,18,26H,2-7,13-14H2,1H3;1H/p-1. The van der Waals surface area contributed by atoms with Crippen LogP contribution in [0.4, 0.5) is 0 Å². The van der Waals surface area contributed by atoms with Crippen LogP contribution in [0.25, 0.3) is 0 Å². The molecule has 0 atom stereocenters. The highest BCUT2D eigenvalue weighted by molar-refractivity contribution is 9.10. The first-order valence-electron chi connectivity index (χ1n) is 9.82. The summed E-state index contributed by atoms with van der Waals surface area (Å²) in [6.07, 6.45) is 6.55. The molecule has 1 aliphatic carbocycles. The molecule has 1 N–H and O–H groups in total. The van der Waals surface area contributed by atoms with E-state index in [2.05, 4.69) is 33.4 Å². The fraction of sp³-hybridized carbons (Fsp3) is 0.455. The number of benzene rings is 2. The Morgan fingerprint density at radius 2 is 1.83 bits per heavy atom. The first kappa shape index (κ1) is 24.6. The summed E-state index contributed by atoms with van der Waals surface area (Å²) in [5, 5.41) is 4.88. The lowest BCUT2D eigenvalue weighted by Crippen LogP contribution is -3.00. The molecule has 1 aliphatic rings. The van der Waals surface area contributed by atoms with Crippen LogP contribution in [0.2, 0.25) is 10.0 Å².